The first-order valence-electron chi connectivity index (χ1n) is 9.53. The molecule has 1 atom stereocenters. The van der Waals surface area contributed by atoms with Crippen molar-refractivity contribution in [3.63, 3.8) is 0 Å². The van der Waals surface area contributed by atoms with E-state index >= 15 is 4.39 Å². The first-order chi connectivity index (χ1) is 13.8. The third kappa shape index (κ3) is 3.40. The molecule has 29 heavy (non-hydrogen) atoms. The van der Waals surface area contributed by atoms with Crippen LogP contribution in [0.5, 0.6) is 0 Å². The highest BCUT2D eigenvalue weighted by Crippen LogP contribution is 2.40. The smallest absolute Gasteiger partial charge is 0.341 e. The first-order valence-corrected chi connectivity index (χ1v) is 9.53. The summed E-state index contributed by atoms with van der Waals surface area (Å²) in [5, 5.41) is 19.4. The van der Waals surface area contributed by atoms with Gasteiger partial charge >= 0.3 is 5.97 Å². The molecule has 0 amide bonds. The minimum Gasteiger partial charge on any atom is -0.477 e. The molecule has 0 radical (unpaired) electrons. The number of carboxylic acid groups (broad SMARTS) is 1. The molecule has 1 unspecified atom stereocenters. The van der Waals surface area contributed by atoms with Crippen molar-refractivity contribution in [2.45, 2.75) is 38.3 Å². The van der Waals surface area contributed by atoms with Crippen LogP contribution in [0.1, 0.15) is 48.1 Å². The van der Waals surface area contributed by atoms with Crippen LogP contribution in [0, 0.1) is 17.7 Å². The van der Waals surface area contributed by atoms with Gasteiger partial charge in [-0.3, -0.25) is 4.79 Å². The quantitative estimate of drug-likeness (QED) is 0.780. The van der Waals surface area contributed by atoms with Crippen LogP contribution < -0.4 is 10.3 Å². The SMILES string of the molecule is C=C(C)C#Cc1c(N2CCC(O)C2)c(F)cc2c(=O)c(C(=O)O)cn(C3CC3)c12. The molecule has 1 aromatic heterocycles. The number of halogens is 1. The molecular weight excluding hydrogens is 375 g/mol. The van der Waals surface area contributed by atoms with E-state index in [-0.39, 0.29) is 29.2 Å². The Morgan fingerprint density at radius 3 is 2.62 bits per heavy atom. The number of carbonyl (C=O) groups is 1. The fraction of sp³-hybridized carbons (Fsp3) is 0.364. The van der Waals surface area contributed by atoms with Crippen molar-refractivity contribution >= 4 is 22.6 Å². The summed E-state index contributed by atoms with van der Waals surface area (Å²) in [4.78, 5) is 26.1. The normalized spacial score (nSPS) is 18.6. The van der Waals surface area contributed by atoms with Crippen molar-refractivity contribution in [1.82, 2.24) is 4.57 Å². The molecule has 1 aliphatic heterocycles. The van der Waals surface area contributed by atoms with Crippen LogP contribution in [0.2, 0.25) is 0 Å². The van der Waals surface area contributed by atoms with Gasteiger partial charge in [0.05, 0.1) is 28.3 Å². The van der Waals surface area contributed by atoms with Crippen molar-refractivity contribution in [3.05, 3.63) is 51.6 Å². The summed E-state index contributed by atoms with van der Waals surface area (Å²) < 4.78 is 17.0. The molecule has 0 bridgehead atoms. The van der Waals surface area contributed by atoms with Gasteiger partial charge in [-0.05, 0) is 37.8 Å². The molecule has 7 heteroatoms. The van der Waals surface area contributed by atoms with Gasteiger partial charge < -0.3 is 19.7 Å². The van der Waals surface area contributed by atoms with Gasteiger partial charge in [0.25, 0.3) is 0 Å². The number of anilines is 1. The monoisotopic (exact) mass is 396 g/mol. The number of aromatic nitrogens is 1. The van der Waals surface area contributed by atoms with Gasteiger partial charge in [0.2, 0.25) is 5.43 Å². The molecule has 0 spiro atoms. The number of fused-ring (bicyclic) bond motifs is 1. The van der Waals surface area contributed by atoms with Gasteiger partial charge in [-0.15, -0.1) is 0 Å². The van der Waals surface area contributed by atoms with Gasteiger partial charge in [-0.2, -0.15) is 0 Å². The van der Waals surface area contributed by atoms with Crippen molar-refractivity contribution in [3.8, 4) is 11.8 Å². The number of nitrogens with zero attached hydrogens (tertiary/aromatic N) is 2. The Hall–Kier alpha value is -3.11. The van der Waals surface area contributed by atoms with Crippen LogP contribution in [0.4, 0.5) is 10.1 Å². The number of carboxylic acids is 1. The van der Waals surface area contributed by atoms with Crippen molar-refractivity contribution in [1.29, 1.82) is 0 Å². The molecule has 2 aliphatic rings. The number of aromatic carboxylic acids is 1. The third-order valence-corrected chi connectivity index (χ3v) is 5.29. The average molecular weight is 396 g/mol. The number of aliphatic hydroxyl groups excluding tert-OH is 1. The number of rotatable bonds is 3. The highest BCUT2D eigenvalue weighted by molar-refractivity contribution is 5.97. The van der Waals surface area contributed by atoms with E-state index in [2.05, 4.69) is 18.4 Å². The predicted octanol–water partition coefficient (Wildman–Crippen LogP) is 2.67. The van der Waals surface area contributed by atoms with E-state index in [1.54, 1.807) is 16.4 Å². The van der Waals surface area contributed by atoms with Crippen LogP contribution in [-0.2, 0) is 0 Å². The Balaban J connectivity index is 2.12. The highest BCUT2D eigenvalue weighted by atomic mass is 19.1. The van der Waals surface area contributed by atoms with Crippen molar-refractivity contribution in [2.24, 2.45) is 0 Å². The van der Waals surface area contributed by atoms with Gasteiger partial charge in [0.1, 0.15) is 11.4 Å². The average Bonchev–Trinajstić information content (AvgIpc) is 3.41. The summed E-state index contributed by atoms with van der Waals surface area (Å²) in [5.74, 6) is 3.84. The summed E-state index contributed by atoms with van der Waals surface area (Å²) in [5.41, 5.74) is 0.477. The second-order valence-corrected chi connectivity index (χ2v) is 7.71. The lowest BCUT2D eigenvalue weighted by Gasteiger charge is -2.23. The second kappa shape index (κ2) is 7.05. The van der Waals surface area contributed by atoms with E-state index < -0.39 is 23.3 Å². The molecule has 1 aliphatic carbocycles. The van der Waals surface area contributed by atoms with Crippen LogP contribution in [0.3, 0.4) is 0 Å². The topological polar surface area (TPSA) is 82.8 Å². The molecule has 2 aromatic rings. The van der Waals surface area contributed by atoms with Crippen LogP contribution in [-0.4, -0.2) is 39.9 Å². The van der Waals surface area contributed by atoms with Crippen LogP contribution >= 0.6 is 0 Å². The Morgan fingerprint density at radius 2 is 2.07 bits per heavy atom. The van der Waals surface area contributed by atoms with Gasteiger partial charge in [0.15, 0.2) is 0 Å². The highest BCUT2D eigenvalue weighted by Gasteiger charge is 2.32. The van der Waals surface area contributed by atoms with Crippen molar-refractivity contribution in [2.75, 3.05) is 18.0 Å². The summed E-state index contributed by atoms with van der Waals surface area (Å²) >= 11 is 0. The third-order valence-electron chi connectivity index (χ3n) is 5.29. The molecule has 6 nitrogen and oxygen atoms in total. The van der Waals surface area contributed by atoms with E-state index in [0.717, 1.165) is 18.9 Å². The van der Waals surface area contributed by atoms with E-state index in [1.807, 2.05) is 0 Å². The van der Waals surface area contributed by atoms with E-state index in [0.29, 0.717) is 29.6 Å². The summed E-state index contributed by atoms with van der Waals surface area (Å²) in [6.07, 6.45) is 2.99. The first kappa shape index (κ1) is 19.2. The number of hydrogen-bond donors (Lipinski definition) is 2. The van der Waals surface area contributed by atoms with E-state index in [9.17, 15) is 19.8 Å². The zero-order valence-corrected chi connectivity index (χ0v) is 16.0. The van der Waals surface area contributed by atoms with Gasteiger partial charge in [-0.25, -0.2) is 9.18 Å². The maximum Gasteiger partial charge on any atom is 0.341 e. The molecule has 2 fully saturated rings. The Bertz CT molecular complexity index is 1170. The molecule has 150 valence electrons. The summed E-state index contributed by atoms with van der Waals surface area (Å²) in [6, 6.07) is 1.15. The molecule has 1 aromatic carbocycles. The largest absolute Gasteiger partial charge is 0.477 e. The fourth-order valence-corrected chi connectivity index (χ4v) is 3.81. The molecule has 2 heterocycles. The minimum atomic E-state index is -1.34. The van der Waals surface area contributed by atoms with Crippen LogP contribution in [0.15, 0.2) is 29.2 Å². The lowest BCUT2D eigenvalue weighted by atomic mass is 10.0. The second-order valence-electron chi connectivity index (χ2n) is 7.71. The number of benzene rings is 1. The van der Waals surface area contributed by atoms with Gasteiger partial charge in [-0.1, -0.05) is 18.4 Å². The standard InChI is InChI=1S/C22H21FN2O4/c1-12(2)3-6-15-19-16(9-18(23)20(15)24-8-7-14(26)10-24)21(27)17(22(28)29)11-25(19)13-4-5-13/h9,11,13-14,26H,1,4-5,7-8,10H2,2H3,(H,28,29). The maximum atomic E-state index is 15.2. The molecular formula is C22H21FN2O4. The Labute approximate surface area is 166 Å². The number of allylic oxidation sites excluding steroid dienone is 1. The summed E-state index contributed by atoms with van der Waals surface area (Å²) in [7, 11) is 0. The summed E-state index contributed by atoms with van der Waals surface area (Å²) in [6.45, 7) is 6.23. The molecule has 4 rings (SSSR count). The minimum absolute atomic E-state index is 0.00353. The van der Waals surface area contributed by atoms with Gasteiger partial charge in [0, 0.05) is 25.3 Å². The number of hydrogen-bond acceptors (Lipinski definition) is 4. The van der Waals surface area contributed by atoms with Crippen LogP contribution in [0.25, 0.3) is 10.9 Å². The number of aliphatic hydroxyl groups is 1. The lowest BCUT2D eigenvalue weighted by Crippen LogP contribution is -2.25. The lowest BCUT2D eigenvalue weighted by molar-refractivity contribution is 0.0695. The molecule has 1 saturated heterocycles. The Kier molecular flexibility index (Phi) is 4.67. The fourth-order valence-electron chi connectivity index (χ4n) is 3.81. The predicted molar refractivity (Wildman–Crippen MR) is 108 cm³/mol. The van der Waals surface area contributed by atoms with E-state index in [1.165, 1.54) is 6.20 Å². The maximum absolute atomic E-state index is 15.2. The van der Waals surface area contributed by atoms with Crippen molar-refractivity contribution < 1.29 is 19.4 Å². The Morgan fingerprint density at radius 1 is 1.34 bits per heavy atom. The molecule has 2 N–H and O–H groups in total. The van der Waals surface area contributed by atoms with E-state index in [4.69, 9.17) is 0 Å². The number of pyridine rings is 1. The molecule has 1 saturated carbocycles. The number of β-amino-alcohol motifs (C(OH)–C–C–N with tert-alkyl or cyclic N) is 1. The zero-order chi connectivity index (χ0) is 20.9. The zero-order valence-electron chi connectivity index (χ0n) is 16.0.